The normalized spacial score (nSPS) is 11.2. The highest BCUT2D eigenvalue weighted by Gasteiger charge is 2.14. The van der Waals surface area contributed by atoms with Crippen molar-refractivity contribution in [2.24, 2.45) is 0 Å². The van der Waals surface area contributed by atoms with Crippen molar-refractivity contribution in [2.45, 2.75) is 6.92 Å². The lowest BCUT2D eigenvalue weighted by Crippen LogP contribution is -2.05. The van der Waals surface area contributed by atoms with Crippen molar-refractivity contribution in [3.05, 3.63) is 124 Å². The SMILES string of the molecule is CCOC(=O)c1ccc(-n2cc(-c3ccc(Cl)cc3Cl)nc2/C=C/c2ccc(-c3cccc(N)c3)cc2)cc1. The summed E-state index contributed by atoms with van der Waals surface area (Å²) in [5.74, 6) is 0.338. The summed E-state index contributed by atoms with van der Waals surface area (Å²) >= 11 is 12.6. The highest BCUT2D eigenvalue weighted by Crippen LogP contribution is 2.31. The van der Waals surface area contributed by atoms with E-state index in [-0.39, 0.29) is 5.97 Å². The van der Waals surface area contributed by atoms with Gasteiger partial charge in [0.1, 0.15) is 5.82 Å². The summed E-state index contributed by atoms with van der Waals surface area (Å²) in [5.41, 5.74) is 12.6. The minimum absolute atomic E-state index is 0.322. The van der Waals surface area contributed by atoms with Crippen molar-refractivity contribution in [2.75, 3.05) is 12.3 Å². The maximum absolute atomic E-state index is 12.1. The van der Waals surface area contributed by atoms with E-state index in [0.717, 1.165) is 33.6 Å². The maximum Gasteiger partial charge on any atom is 0.338 e. The van der Waals surface area contributed by atoms with E-state index in [1.54, 1.807) is 31.2 Å². The molecule has 5 rings (SSSR count). The lowest BCUT2D eigenvalue weighted by Gasteiger charge is -2.07. The standard InChI is InChI=1S/C32H25Cl2N3O2/c1-2-39-32(38)23-11-14-27(15-12-23)37-20-30(28-16-13-25(33)19-29(28)34)36-31(37)17-8-21-6-9-22(10-7-21)24-4-3-5-26(35)18-24/h3-20H,2,35H2,1H3/b17-8+. The number of anilines is 1. The smallest absolute Gasteiger partial charge is 0.338 e. The summed E-state index contributed by atoms with van der Waals surface area (Å²) in [6.07, 6.45) is 5.86. The van der Waals surface area contributed by atoms with Gasteiger partial charge in [-0.3, -0.25) is 4.57 Å². The number of hydrogen-bond donors (Lipinski definition) is 1. The number of hydrogen-bond acceptors (Lipinski definition) is 4. The minimum Gasteiger partial charge on any atom is -0.462 e. The minimum atomic E-state index is -0.356. The Hall–Kier alpha value is -4.32. The third kappa shape index (κ3) is 6.06. The van der Waals surface area contributed by atoms with Crippen LogP contribution in [0.3, 0.4) is 0 Å². The van der Waals surface area contributed by atoms with Gasteiger partial charge in [-0.1, -0.05) is 65.7 Å². The fraction of sp³-hybridized carbons (Fsp3) is 0.0625. The number of nitrogens with two attached hydrogens (primary N) is 1. The van der Waals surface area contributed by atoms with Gasteiger partial charge in [0.05, 0.1) is 22.9 Å². The average Bonchev–Trinajstić information content (AvgIpc) is 3.36. The Morgan fingerprint density at radius 3 is 2.38 bits per heavy atom. The lowest BCUT2D eigenvalue weighted by molar-refractivity contribution is 0.0526. The summed E-state index contributed by atoms with van der Waals surface area (Å²) in [6.45, 7) is 2.10. The molecule has 0 aliphatic rings. The zero-order valence-electron chi connectivity index (χ0n) is 21.1. The third-order valence-corrected chi connectivity index (χ3v) is 6.70. The summed E-state index contributed by atoms with van der Waals surface area (Å²) in [4.78, 5) is 17.0. The molecule has 39 heavy (non-hydrogen) atoms. The predicted octanol–water partition coefficient (Wildman–Crippen LogP) is 8.44. The van der Waals surface area contributed by atoms with E-state index in [2.05, 4.69) is 12.1 Å². The van der Waals surface area contributed by atoms with Gasteiger partial charge in [0.15, 0.2) is 0 Å². The van der Waals surface area contributed by atoms with Crippen molar-refractivity contribution in [3.8, 4) is 28.1 Å². The topological polar surface area (TPSA) is 70.1 Å². The summed E-state index contributed by atoms with van der Waals surface area (Å²) in [5, 5.41) is 1.07. The number of esters is 1. The molecule has 7 heteroatoms. The Bertz CT molecular complexity index is 1660. The van der Waals surface area contributed by atoms with Gasteiger partial charge in [0, 0.05) is 28.2 Å². The van der Waals surface area contributed by atoms with Crippen LogP contribution < -0.4 is 5.73 Å². The van der Waals surface area contributed by atoms with Crippen molar-refractivity contribution in [1.29, 1.82) is 0 Å². The van der Waals surface area contributed by atoms with Crippen LogP contribution in [0.25, 0.3) is 40.2 Å². The second-order valence-electron chi connectivity index (χ2n) is 8.83. The molecule has 0 amide bonds. The first-order chi connectivity index (χ1) is 18.9. The Kier molecular flexibility index (Phi) is 7.82. The molecule has 0 spiro atoms. The van der Waals surface area contributed by atoms with Crippen LogP contribution in [-0.2, 0) is 4.74 Å². The van der Waals surface area contributed by atoms with E-state index in [0.29, 0.717) is 33.7 Å². The van der Waals surface area contributed by atoms with Crippen LogP contribution in [0.4, 0.5) is 5.69 Å². The molecule has 0 aliphatic carbocycles. The number of benzene rings is 4. The first kappa shape index (κ1) is 26.3. The largest absolute Gasteiger partial charge is 0.462 e. The van der Waals surface area contributed by atoms with Gasteiger partial charge >= 0.3 is 5.97 Å². The molecule has 0 saturated heterocycles. The number of aromatic nitrogens is 2. The second kappa shape index (κ2) is 11.6. The summed E-state index contributed by atoms with van der Waals surface area (Å²) in [6, 6.07) is 28.6. The first-order valence-corrected chi connectivity index (χ1v) is 13.1. The number of halogens is 2. The summed E-state index contributed by atoms with van der Waals surface area (Å²) < 4.78 is 7.06. The van der Waals surface area contributed by atoms with Crippen LogP contribution in [0.2, 0.25) is 10.0 Å². The second-order valence-corrected chi connectivity index (χ2v) is 9.67. The third-order valence-electron chi connectivity index (χ3n) is 6.15. The van der Waals surface area contributed by atoms with Crippen molar-refractivity contribution in [3.63, 3.8) is 0 Å². The number of carbonyl (C=O) groups is 1. The molecule has 194 valence electrons. The molecule has 0 bridgehead atoms. The van der Waals surface area contributed by atoms with Gasteiger partial charge in [-0.2, -0.15) is 0 Å². The first-order valence-electron chi connectivity index (χ1n) is 12.4. The number of imidazole rings is 1. The summed E-state index contributed by atoms with van der Waals surface area (Å²) in [7, 11) is 0. The van der Waals surface area contributed by atoms with E-state index in [1.807, 2.05) is 77.5 Å². The Labute approximate surface area is 237 Å². The van der Waals surface area contributed by atoms with Crippen LogP contribution in [0.15, 0.2) is 97.2 Å². The van der Waals surface area contributed by atoms with Crippen molar-refractivity contribution >= 4 is 47.0 Å². The molecule has 1 heterocycles. The van der Waals surface area contributed by atoms with Crippen LogP contribution in [0, 0.1) is 0 Å². The van der Waals surface area contributed by atoms with Gasteiger partial charge in [0.2, 0.25) is 0 Å². The van der Waals surface area contributed by atoms with Gasteiger partial charge in [-0.15, -0.1) is 0 Å². The van der Waals surface area contributed by atoms with E-state index in [1.165, 1.54) is 0 Å². The van der Waals surface area contributed by atoms with E-state index in [4.69, 9.17) is 38.7 Å². The number of ether oxygens (including phenoxy) is 1. The molecule has 0 saturated carbocycles. The van der Waals surface area contributed by atoms with Gasteiger partial charge in [-0.25, -0.2) is 9.78 Å². The fourth-order valence-corrected chi connectivity index (χ4v) is 4.70. The van der Waals surface area contributed by atoms with Gasteiger partial charge < -0.3 is 10.5 Å². The van der Waals surface area contributed by atoms with Crippen LogP contribution in [0.5, 0.6) is 0 Å². The van der Waals surface area contributed by atoms with Crippen molar-refractivity contribution in [1.82, 2.24) is 9.55 Å². The molecular formula is C32H25Cl2N3O2. The van der Waals surface area contributed by atoms with Gasteiger partial charge in [0.25, 0.3) is 0 Å². The Balaban J connectivity index is 1.49. The molecule has 5 aromatic rings. The highest BCUT2D eigenvalue weighted by molar-refractivity contribution is 6.36. The highest BCUT2D eigenvalue weighted by atomic mass is 35.5. The van der Waals surface area contributed by atoms with Gasteiger partial charge in [-0.05, 0) is 84.3 Å². The molecule has 0 fully saturated rings. The quantitative estimate of drug-likeness (QED) is 0.162. The zero-order valence-corrected chi connectivity index (χ0v) is 22.7. The van der Waals surface area contributed by atoms with E-state index < -0.39 is 0 Å². The number of carbonyl (C=O) groups excluding carboxylic acids is 1. The maximum atomic E-state index is 12.1. The molecule has 0 unspecified atom stereocenters. The fourth-order valence-electron chi connectivity index (χ4n) is 4.19. The molecule has 0 atom stereocenters. The molecule has 4 aromatic carbocycles. The van der Waals surface area contributed by atoms with Crippen LogP contribution >= 0.6 is 23.2 Å². The van der Waals surface area contributed by atoms with Crippen molar-refractivity contribution < 1.29 is 9.53 Å². The Morgan fingerprint density at radius 1 is 0.923 bits per heavy atom. The number of rotatable bonds is 7. The van der Waals surface area contributed by atoms with E-state index >= 15 is 0 Å². The molecule has 0 aliphatic heterocycles. The zero-order chi connectivity index (χ0) is 27.4. The monoisotopic (exact) mass is 553 g/mol. The van der Waals surface area contributed by atoms with Crippen LogP contribution in [-0.4, -0.2) is 22.1 Å². The average molecular weight is 554 g/mol. The number of nitrogen functional groups attached to an aromatic ring is 1. The lowest BCUT2D eigenvalue weighted by atomic mass is 10.0. The molecule has 5 nitrogen and oxygen atoms in total. The molecular weight excluding hydrogens is 529 g/mol. The molecule has 1 aromatic heterocycles. The molecule has 2 N–H and O–H groups in total. The number of nitrogens with zero attached hydrogens (tertiary/aromatic N) is 2. The predicted molar refractivity (Wildman–Crippen MR) is 160 cm³/mol. The van der Waals surface area contributed by atoms with E-state index in [9.17, 15) is 4.79 Å². The Morgan fingerprint density at radius 2 is 1.69 bits per heavy atom. The molecule has 0 radical (unpaired) electrons. The van der Waals surface area contributed by atoms with Crippen LogP contribution in [0.1, 0.15) is 28.7 Å².